The first kappa shape index (κ1) is 18.2. The number of piperazine rings is 2. The summed E-state index contributed by atoms with van der Waals surface area (Å²) in [6, 6.07) is 9.52. The van der Waals surface area contributed by atoms with Crippen LogP contribution in [0.1, 0.15) is 10.4 Å². The van der Waals surface area contributed by atoms with Gasteiger partial charge in [0.25, 0.3) is 5.91 Å². The van der Waals surface area contributed by atoms with Crippen LogP contribution < -0.4 is 9.80 Å². The minimum Gasteiger partial charge on any atom is -0.353 e. The fourth-order valence-electron chi connectivity index (χ4n) is 3.64. The van der Waals surface area contributed by atoms with Crippen molar-refractivity contribution in [1.82, 2.24) is 19.8 Å². The lowest BCUT2D eigenvalue weighted by molar-refractivity contribution is -0.118. The number of hydrogen-bond acceptors (Lipinski definition) is 6. The van der Waals surface area contributed by atoms with Gasteiger partial charge >= 0.3 is 0 Å². The molecule has 0 atom stereocenters. The van der Waals surface area contributed by atoms with Crippen LogP contribution in [0.3, 0.4) is 0 Å². The van der Waals surface area contributed by atoms with Crippen molar-refractivity contribution in [3.05, 3.63) is 48.3 Å². The van der Waals surface area contributed by atoms with Gasteiger partial charge in [-0.1, -0.05) is 6.07 Å². The quantitative estimate of drug-likeness (QED) is 0.728. The van der Waals surface area contributed by atoms with Gasteiger partial charge in [0.15, 0.2) is 0 Å². The summed E-state index contributed by atoms with van der Waals surface area (Å²) in [7, 11) is 0. The molecule has 0 spiro atoms. The molecule has 4 heterocycles. The predicted molar refractivity (Wildman–Crippen MR) is 106 cm³/mol. The largest absolute Gasteiger partial charge is 0.353 e. The van der Waals surface area contributed by atoms with E-state index in [0.29, 0.717) is 31.7 Å². The van der Waals surface area contributed by atoms with Crippen molar-refractivity contribution < 1.29 is 9.59 Å². The average Bonchev–Trinajstić information content (AvgIpc) is 2.79. The first-order chi connectivity index (χ1) is 13.7. The number of carbonyl (C=O) groups is 2. The second kappa shape index (κ2) is 8.24. The van der Waals surface area contributed by atoms with E-state index in [9.17, 15) is 9.59 Å². The van der Waals surface area contributed by atoms with E-state index in [1.165, 1.54) is 0 Å². The zero-order chi connectivity index (χ0) is 19.3. The molecule has 0 aliphatic carbocycles. The molecule has 2 saturated heterocycles. The topological polar surface area (TPSA) is 72.9 Å². The van der Waals surface area contributed by atoms with Crippen LogP contribution in [0.5, 0.6) is 0 Å². The van der Waals surface area contributed by atoms with E-state index in [-0.39, 0.29) is 5.91 Å². The third kappa shape index (κ3) is 3.90. The standard InChI is InChI=1S/C20H24N6O2/c27-16-23-7-9-25(10-8-23)19-15-17(4-6-22-19)20(28)26-13-11-24(12-14-26)18-3-1-2-5-21-18/h1-6,15-16H,7-14H2. The Labute approximate surface area is 164 Å². The Balaban J connectivity index is 1.38. The number of aromatic nitrogens is 2. The van der Waals surface area contributed by atoms with Gasteiger partial charge in [0, 0.05) is 70.3 Å². The molecule has 2 fully saturated rings. The summed E-state index contributed by atoms with van der Waals surface area (Å²) >= 11 is 0. The number of rotatable bonds is 4. The third-order valence-electron chi connectivity index (χ3n) is 5.32. The number of carbonyl (C=O) groups excluding carboxylic acids is 2. The zero-order valence-electron chi connectivity index (χ0n) is 15.8. The molecular weight excluding hydrogens is 356 g/mol. The summed E-state index contributed by atoms with van der Waals surface area (Å²) in [6.45, 7) is 5.70. The maximum Gasteiger partial charge on any atom is 0.254 e. The van der Waals surface area contributed by atoms with Gasteiger partial charge in [-0.3, -0.25) is 9.59 Å². The number of nitrogens with zero attached hydrogens (tertiary/aromatic N) is 6. The van der Waals surface area contributed by atoms with Crippen LogP contribution in [0.2, 0.25) is 0 Å². The molecule has 4 rings (SSSR count). The fourth-order valence-corrected chi connectivity index (χ4v) is 3.64. The molecule has 8 heteroatoms. The lowest BCUT2D eigenvalue weighted by atomic mass is 10.2. The molecule has 2 amide bonds. The van der Waals surface area contributed by atoms with Gasteiger partial charge in [-0.25, -0.2) is 9.97 Å². The lowest BCUT2D eigenvalue weighted by Gasteiger charge is -2.36. The minimum atomic E-state index is 0.0378. The average molecular weight is 380 g/mol. The maximum atomic E-state index is 13.0. The normalized spacial score (nSPS) is 17.6. The molecule has 0 bridgehead atoms. The van der Waals surface area contributed by atoms with Gasteiger partial charge in [0.05, 0.1) is 0 Å². The van der Waals surface area contributed by atoms with E-state index < -0.39 is 0 Å². The molecule has 8 nitrogen and oxygen atoms in total. The van der Waals surface area contributed by atoms with E-state index in [4.69, 9.17) is 0 Å². The summed E-state index contributed by atoms with van der Waals surface area (Å²) < 4.78 is 0. The molecule has 2 aromatic heterocycles. The molecule has 0 aromatic carbocycles. The molecular formula is C20H24N6O2. The van der Waals surface area contributed by atoms with Gasteiger partial charge in [-0.05, 0) is 24.3 Å². The Bertz CT molecular complexity index is 814. The Kier molecular flexibility index (Phi) is 5.36. The van der Waals surface area contributed by atoms with Crippen molar-refractivity contribution in [3.8, 4) is 0 Å². The summed E-state index contributed by atoms with van der Waals surface area (Å²) in [5, 5.41) is 0. The molecule has 2 aromatic rings. The Hall–Kier alpha value is -3.16. The lowest BCUT2D eigenvalue weighted by Crippen LogP contribution is -2.49. The van der Waals surface area contributed by atoms with E-state index in [1.807, 2.05) is 29.2 Å². The molecule has 0 radical (unpaired) electrons. The van der Waals surface area contributed by atoms with Gasteiger partial charge in [-0.15, -0.1) is 0 Å². The minimum absolute atomic E-state index is 0.0378. The van der Waals surface area contributed by atoms with Crippen molar-refractivity contribution in [2.45, 2.75) is 0 Å². The van der Waals surface area contributed by atoms with Crippen molar-refractivity contribution in [3.63, 3.8) is 0 Å². The third-order valence-corrected chi connectivity index (χ3v) is 5.32. The van der Waals surface area contributed by atoms with Gasteiger partial charge in [0.1, 0.15) is 11.6 Å². The molecule has 2 aliphatic rings. The van der Waals surface area contributed by atoms with Crippen LogP contribution in [0.15, 0.2) is 42.7 Å². The van der Waals surface area contributed by atoms with E-state index in [0.717, 1.165) is 44.2 Å². The van der Waals surface area contributed by atoms with Crippen LogP contribution in [0.4, 0.5) is 11.6 Å². The Morgan fingerprint density at radius 3 is 2.18 bits per heavy atom. The predicted octanol–water partition coefficient (Wildman–Crippen LogP) is 0.717. The highest BCUT2D eigenvalue weighted by atomic mass is 16.2. The van der Waals surface area contributed by atoms with Gasteiger partial charge < -0.3 is 19.6 Å². The van der Waals surface area contributed by atoms with Crippen molar-refractivity contribution in [2.24, 2.45) is 0 Å². The van der Waals surface area contributed by atoms with Crippen LogP contribution in [-0.2, 0) is 4.79 Å². The summed E-state index contributed by atoms with van der Waals surface area (Å²) in [4.78, 5) is 40.6. The molecule has 0 N–H and O–H groups in total. The van der Waals surface area contributed by atoms with E-state index in [1.54, 1.807) is 23.4 Å². The Morgan fingerprint density at radius 1 is 0.821 bits per heavy atom. The molecule has 28 heavy (non-hydrogen) atoms. The van der Waals surface area contributed by atoms with E-state index in [2.05, 4.69) is 19.8 Å². The first-order valence-electron chi connectivity index (χ1n) is 9.60. The van der Waals surface area contributed by atoms with Gasteiger partial charge in [0.2, 0.25) is 6.41 Å². The Morgan fingerprint density at radius 2 is 1.50 bits per heavy atom. The molecule has 0 unspecified atom stereocenters. The summed E-state index contributed by atoms with van der Waals surface area (Å²) in [5.41, 5.74) is 0.661. The fraction of sp³-hybridized carbons (Fsp3) is 0.400. The van der Waals surface area contributed by atoms with Crippen molar-refractivity contribution in [1.29, 1.82) is 0 Å². The molecule has 2 aliphatic heterocycles. The highest BCUT2D eigenvalue weighted by Gasteiger charge is 2.24. The van der Waals surface area contributed by atoms with Crippen molar-refractivity contribution >= 4 is 24.0 Å². The monoisotopic (exact) mass is 380 g/mol. The SMILES string of the molecule is O=CN1CCN(c2cc(C(=O)N3CCN(c4ccccn4)CC3)ccn2)CC1. The number of hydrogen-bond donors (Lipinski definition) is 0. The summed E-state index contributed by atoms with van der Waals surface area (Å²) in [5.74, 6) is 1.79. The first-order valence-corrected chi connectivity index (χ1v) is 9.60. The smallest absolute Gasteiger partial charge is 0.254 e. The molecule has 0 saturated carbocycles. The van der Waals surface area contributed by atoms with Crippen LogP contribution in [0.25, 0.3) is 0 Å². The molecule has 146 valence electrons. The van der Waals surface area contributed by atoms with Crippen molar-refractivity contribution in [2.75, 3.05) is 62.2 Å². The number of pyridine rings is 2. The highest BCUT2D eigenvalue weighted by Crippen LogP contribution is 2.18. The maximum absolute atomic E-state index is 13.0. The van der Waals surface area contributed by atoms with Crippen LogP contribution in [-0.4, -0.2) is 84.4 Å². The van der Waals surface area contributed by atoms with Crippen LogP contribution in [0, 0.1) is 0 Å². The van der Waals surface area contributed by atoms with E-state index >= 15 is 0 Å². The summed E-state index contributed by atoms with van der Waals surface area (Å²) in [6.07, 6.45) is 4.37. The number of anilines is 2. The number of amides is 2. The zero-order valence-corrected chi connectivity index (χ0v) is 15.8. The highest BCUT2D eigenvalue weighted by molar-refractivity contribution is 5.95. The second-order valence-corrected chi connectivity index (χ2v) is 7.00. The van der Waals surface area contributed by atoms with Crippen LogP contribution >= 0.6 is 0 Å². The van der Waals surface area contributed by atoms with Gasteiger partial charge in [-0.2, -0.15) is 0 Å². The second-order valence-electron chi connectivity index (χ2n) is 7.00.